The molecule has 7 heteroatoms. The Hall–Kier alpha value is -1.60. The van der Waals surface area contributed by atoms with E-state index < -0.39 is 10.0 Å². The highest BCUT2D eigenvalue weighted by atomic mass is 32.2. The molecule has 3 rings (SSSR count). The van der Waals surface area contributed by atoms with Crippen LogP contribution in [-0.2, 0) is 14.8 Å². The van der Waals surface area contributed by atoms with Gasteiger partial charge in [-0.1, -0.05) is 31.4 Å². The number of carbonyl (C=O) groups is 1. The molecule has 1 aliphatic heterocycles. The number of hydrogen-bond acceptors (Lipinski definition) is 4. The van der Waals surface area contributed by atoms with Gasteiger partial charge in [-0.2, -0.15) is 4.31 Å². The fourth-order valence-electron chi connectivity index (χ4n) is 4.16. The van der Waals surface area contributed by atoms with E-state index in [4.69, 9.17) is 0 Å². The molecule has 0 atom stereocenters. The lowest BCUT2D eigenvalue weighted by Gasteiger charge is -2.38. The van der Waals surface area contributed by atoms with Gasteiger partial charge in [0.25, 0.3) is 0 Å². The Balaban J connectivity index is 1.59. The number of rotatable bonds is 5. The van der Waals surface area contributed by atoms with Gasteiger partial charge in [-0.25, -0.2) is 8.42 Å². The lowest BCUT2D eigenvalue weighted by molar-refractivity contribution is -0.132. The van der Waals surface area contributed by atoms with E-state index in [9.17, 15) is 13.2 Å². The van der Waals surface area contributed by atoms with Gasteiger partial charge in [-0.15, -0.1) is 0 Å². The summed E-state index contributed by atoms with van der Waals surface area (Å²) in [4.78, 5) is 16.9. The average Bonchev–Trinajstić information content (AvgIpc) is 2.66. The largest absolute Gasteiger partial charge is 0.368 e. The SMILES string of the molecule is Cc1cccc(N2CCN(C(=O)CN(C3CCCCC3)S(C)(=O)=O)CC2)c1. The second-order valence-electron chi connectivity index (χ2n) is 7.81. The van der Waals surface area contributed by atoms with Crippen molar-refractivity contribution in [3.8, 4) is 0 Å². The van der Waals surface area contributed by atoms with Crippen molar-refractivity contribution in [1.29, 1.82) is 0 Å². The second kappa shape index (κ2) is 8.61. The van der Waals surface area contributed by atoms with Crippen LogP contribution >= 0.6 is 0 Å². The predicted molar refractivity (Wildman–Crippen MR) is 108 cm³/mol. The molecule has 0 N–H and O–H groups in total. The van der Waals surface area contributed by atoms with Crippen LogP contribution in [-0.4, -0.2) is 68.6 Å². The predicted octanol–water partition coefficient (Wildman–Crippen LogP) is 2.24. The minimum Gasteiger partial charge on any atom is -0.368 e. The third-order valence-corrected chi connectivity index (χ3v) is 6.98. The summed E-state index contributed by atoms with van der Waals surface area (Å²) in [5.74, 6) is -0.0742. The van der Waals surface area contributed by atoms with Crippen LogP contribution in [0.1, 0.15) is 37.7 Å². The number of hydrogen-bond donors (Lipinski definition) is 0. The highest BCUT2D eigenvalue weighted by Crippen LogP contribution is 2.25. The molecule has 1 saturated carbocycles. The molecule has 0 radical (unpaired) electrons. The van der Waals surface area contributed by atoms with Crippen LogP contribution in [0.25, 0.3) is 0 Å². The Kier molecular flexibility index (Phi) is 6.42. The number of aryl methyl sites for hydroxylation is 1. The van der Waals surface area contributed by atoms with Crippen LogP contribution < -0.4 is 4.90 Å². The molecule has 1 aliphatic carbocycles. The molecule has 0 spiro atoms. The lowest BCUT2D eigenvalue weighted by Crippen LogP contribution is -2.53. The van der Waals surface area contributed by atoms with Crippen molar-refractivity contribution in [2.75, 3.05) is 43.9 Å². The van der Waals surface area contributed by atoms with Crippen molar-refractivity contribution in [3.05, 3.63) is 29.8 Å². The van der Waals surface area contributed by atoms with Gasteiger partial charge in [0.2, 0.25) is 15.9 Å². The van der Waals surface area contributed by atoms with E-state index in [2.05, 4.69) is 36.1 Å². The highest BCUT2D eigenvalue weighted by Gasteiger charge is 2.32. The Morgan fingerprint density at radius 2 is 1.78 bits per heavy atom. The number of sulfonamides is 1. The first-order valence-electron chi connectivity index (χ1n) is 9.91. The van der Waals surface area contributed by atoms with Crippen molar-refractivity contribution in [2.45, 2.75) is 45.1 Å². The van der Waals surface area contributed by atoms with E-state index in [1.165, 1.54) is 21.8 Å². The molecule has 0 bridgehead atoms. The molecule has 27 heavy (non-hydrogen) atoms. The van der Waals surface area contributed by atoms with Crippen molar-refractivity contribution in [1.82, 2.24) is 9.21 Å². The summed E-state index contributed by atoms with van der Waals surface area (Å²) >= 11 is 0. The molecule has 1 aromatic carbocycles. The zero-order chi connectivity index (χ0) is 19.4. The Bertz CT molecular complexity index is 751. The third kappa shape index (κ3) is 5.23. The van der Waals surface area contributed by atoms with Crippen LogP contribution in [0.2, 0.25) is 0 Å². The van der Waals surface area contributed by atoms with Gasteiger partial charge in [-0.05, 0) is 37.5 Å². The normalized spacial score (nSPS) is 19.5. The number of anilines is 1. The summed E-state index contributed by atoms with van der Waals surface area (Å²) in [6.45, 7) is 4.88. The van der Waals surface area contributed by atoms with Crippen LogP contribution in [0.5, 0.6) is 0 Å². The van der Waals surface area contributed by atoms with Crippen LogP contribution in [0.15, 0.2) is 24.3 Å². The molecule has 0 unspecified atom stereocenters. The number of piperazine rings is 1. The lowest BCUT2D eigenvalue weighted by atomic mass is 9.95. The van der Waals surface area contributed by atoms with Crippen LogP contribution in [0.3, 0.4) is 0 Å². The molecule has 1 heterocycles. The van der Waals surface area contributed by atoms with Gasteiger partial charge in [0.15, 0.2) is 0 Å². The standard InChI is InChI=1S/C20H31N3O3S/c1-17-7-6-10-19(15-17)21-11-13-22(14-12-21)20(24)16-23(27(2,25)26)18-8-4-3-5-9-18/h6-7,10,15,18H,3-5,8-9,11-14,16H2,1-2H3. The fraction of sp³-hybridized carbons (Fsp3) is 0.650. The smallest absolute Gasteiger partial charge is 0.238 e. The monoisotopic (exact) mass is 393 g/mol. The maximum atomic E-state index is 12.8. The third-order valence-electron chi connectivity index (χ3n) is 5.70. The first kappa shape index (κ1) is 20.1. The zero-order valence-electron chi connectivity index (χ0n) is 16.4. The first-order valence-corrected chi connectivity index (χ1v) is 11.8. The van der Waals surface area contributed by atoms with Crippen molar-refractivity contribution in [3.63, 3.8) is 0 Å². The molecule has 1 aromatic rings. The number of amides is 1. The van der Waals surface area contributed by atoms with Gasteiger partial charge < -0.3 is 9.80 Å². The summed E-state index contributed by atoms with van der Waals surface area (Å²) < 4.78 is 26.0. The topological polar surface area (TPSA) is 60.9 Å². The van der Waals surface area contributed by atoms with E-state index in [0.29, 0.717) is 13.1 Å². The molecule has 2 aliphatic rings. The number of nitrogens with zero attached hydrogens (tertiary/aromatic N) is 3. The highest BCUT2D eigenvalue weighted by molar-refractivity contribution is 7.88. The summed E-state index contributed by atoms with van der Waals surface area (Å²) in [5, 5.41) is 0. The average molecular weight is 394 g/mol. The summed E-state index contributed by atoms with van der Waals surface area (Å²) in [6, 6.07) is 8.36. The van der Waals surface area contributed by atoms with E-state index in [-0.39, 0.29) is 18.5 Å². The minimum absolute atomic E-state index is 0.0199. The van der Waals surface area contributed by atoms with Gasteiger partial charge >= 0.3 is 0 Å². The molecule has 1 amide bonds. The van der Waals surface area contributed by atoms with Crippen LogP contribution in [0, 0.1) is 6.92 Å². The molecular weight excluding hydrogens is 362 g/mol. The quantitative estimate of drug-likeness (QED) is 0.770. The minimum atomic E-state index is -3.38. The van der Waals surface area contributed by atoms with E-state index in [0.717, 1.165) is 45.2 Å². The number of carbonyl (C=O) groups excluding carboxylic acids is 1. The van der Waals surface area contributed by atoms with Gasteiger partial charge in [0, 0.05) is 37.9 Å². The summed E-state index contributed by atoms with van der Waals surface area (Å²) in [7, 11) is -3.38. The second-order valence-corrected chi connectivity index (χ2v) is 9.74. The zero-order valence-corrected chi connectivity index (χ0v) is 17.2. The van der Waals surface area contributed by atoms with Crippen molar-refractivity contribution < 1.29 is 13.2 Å². The fourth-order valence-corrected chi connectivity index (χ4v) is 5.26. The molecule has 150 valence electrons. The van der Waals surface area contributed by atoms with Gasteiger partial charge in [0.05, 0.1) is 12.8 Å². The maximum absolute atomic E-state index is 12.8. The van der Waals surface area contributed by atoms with Crippen LogP contribution in [0.4, 0.5) is 5.69 Å². The Morgan fingerprint density at radius 3 is 2.37 bits per heavy atom. The van der Waals surface area contributed by atoms with Gasteiger partial charge in [-0.3, -0.25) is 4.79 Å². The first-order chi connectivity index (χ1) is 12.8. The van der Waals surface area contributed by atoms with E-state index in [1.807, 2.05) is 4.90 Å². The Morgan fingerprint density at radius 1 is 1.11 bits per heavy atom. The van der Waals surface area contributed by atoms with Gasteiger partial charge in [0.1, 0.15) is 0 Å². The molecule has 6 nitrogen and oxygen atoms in total. The Labute approximate surface area is 163 Å². The van der Waals surface area contributed by atoms with E-state index >= 15 is 0 Å². The van der Waals surface area contributed by atoms with Crippen molar-refractivity contribution in [2.24, 2.45) is 0 Å². The molecular formula is C20H31N3O3S. The summed E-state index contributed by atoms with van der Waals surface area (Å²) in [6.07, 6.45) is 6.19. The number of benzene rings is 1. The maximum Gasteiger partial charge on any atom is 0.238 e. The summed E-state index contributed by atoms with van der Waals surface area (Å²) in [5.41, 5.74) is 2.41. The molecule has 0 aromatic heterocycles. The molecule has 2 fully saturated rings. The van der Waals surface area contributed by atoms with Crippen molar-refractivity contribution >= 4 is 21.6 Å². The van der Waals surface area contributed by atoms with E-state index in [1.54, 1.807) is 0 Å². The molecule has 1 saturated heterocycles.